The Hall–Kier alpha value is -2.79. The maximum atomic E-state index is 11.8. The van der Waals surface area contributed by atoms with Gasteiger partial charge in [0.2, 0.25) is 0 Å². The van der Waals surface area contributed by atoms with Crippen molar-refractivity contribution in [2.24, 2.45) is 0 Å². The first-order chi connectivity index (χ1) is 12.2. The van der Waals surface area contributed by atoms with Gasteiger partial charge in [-0.3, -0.25) is 0 Å². The summed E-state index contributed by atoms with van der Waals surface area (Å²) in [5.41, 5.74) is 3.52. The molecule has 0 bridgehead atoms. The second-order valence-corrected chi connectivity index (χ2v) is 6.35. The molecule has 25 heavy (non-hydrogen) atoms. The molecule has 2 heterocycles. The van der Waals surface area contributed by atoms with E-state index >= 15 is 0 Å². The number of carbonyl (C=O) groups is 1. The van der Waals surface area contributed by atoms with Crippen molar-refractivity contribution in [2.75, 3.05) is 31.1 Å². The van der Waals surface area contributed by atoms with Gasteiger partial charge in [0.1, 0.15) is 5.69 Å². The van der Waals surface area contributed by atoms with Crippen molar-refractivity contribution in [1.82, 2.24) is 9.88 Å². The molecule has 5 nitrogen and oxygen atoms in total. The number of nitrogens with one attached hydrogen (secondary N) is 1. The first-order valence-corrected chi connectivity index (χ1v) is 8.59. The number of aromatic carboxylic acids is 1. The highest BCUT2D eigenvalue weighted by molar-refractivity contribution is 6.00. The van der Waals surface area contributed by atoms with Crippen LogP contribution in [0.1, 0.15) is 16.1 Å². The summed E-state index contributed by atoms with van der Waals surface area (Å²) >= 11 is 0. The fourth-order valence-electron chi connectivity index (χ4n) is 3.56. The maximum absolute atomic E-state index is 11.8. The Kier molecular flexibility index (Phi) is 4.15. The molecular weight excluding hydrogens is 314 g/mol. The second kappa shape index (κ2) is 6.61. The average molecular weight is 335 g/mol. The number of piperazine rings is 1. The highest BCUT2D eigenvalue weighted by Crippen LogP contribution is 2.31. The van der Waals surface area contributed by atoms with E-state index < -0.39 is 5.97 Å². The number of aromatic nitrogens is 1. The number of nitrogens with zero attached hydrogens (tertiary/aromatic N) is 2. The molecule has 128 valence electrons. The van der Waals surface area contributed by atoms with E-state index in [0.717, 1.165) is 48.3 Å². The summed E-state index contributed by atoms with van der Waals surface area (Å²) in [7, 11) is 0. The van der Waals surface area contributed by atoms with Crippen molar-refractivity contribution in [3.63, 3.8) is 0 Å². The van der Waals surface area contributed by atoms with Gasteiger partial charge >= 0.3 is 5.97 Å². The van der Waals surface area contributed by atoms with Crippen molar-refractivity contribution in [3.8, 4) is 0 Å². The fourth-order valence-corrected chi connectivity index (χ4v) is 3.56. The normalized spacial score (nSPS) is 14.8. The second-order valence-electron chi connectivity index (χ2n) is 6.35. The highest BCUT2D eigenvalue weighted by atomic mass is 16.4. The zero-order valence-electron chi connectivity index (χ0n) is 14.0. The molecule has 1 fully saturated rings. The summed E-state index contributed by atoms with van der Waals surface area (Å²) in [5, 5.41) is 14.1. The van der Waals surface area contributed by atoms with E-state index in [9.17, 15) is 9.90 Å². The van der Waals surface area contributed by atoms with Crippen LogP contribution in [0.4, 0.5) is 5.69 Å². The standard InChI is InChI=1S/C20H21N3O2/c24-20(25)19-13-16-17(22-11-9-21-10-12-22)7-4-8-18(16)23(19)14-15-5-2-1-3-6-15/h1-8,13,21H,9-12,14H2,(H,24,25). The summed E-state index contributed by atoms with van der Waals surface area (Å²) in [6.45, 7) is 4.33. The first-order valence-electron chi connectivity index (χ1n) is 8.59. The molecule has 0 aliphatic carbocycles. The third kappa shape index (κ3) is 2.98. The minimum atomic E-state index is -0.890. The van der Waals surface area contributed by atoms with Gasteiger partial charge < -0.3 is 19.9 Å². The van der Waals surface area contributed by atoms with E-state index in [0.29, 0.717) is 12.2 Å². The van der Waals surface area contributed by atoms with Crippen LogP contribution in [0.15, 0.2) is 54.6 Å². The van der Waals surface area contributed by atoms with Gasteiger partial charge in [0.05, 0.1) is 5.52 Å². The van der Waals surface area contributed by atoms with E-state index in [4.69, 9.17) is 0 Å². The number of benzene rings is 2. The van der Waals surface area contributed by atoms with Crippen LogP contribution < -0.4 is 10.2 Å². The minimum Gasteiger partial charge on any atom is -0.477 e. The zero-order valence-corrected chi connectivity index (χ0v) is 14.0. The molecule has 0 amide bonds. The quantitative estimate of drug-likeness (QED) is 0.770. The molecule has 1 aliphatic heterocycles. The van der Waals surface area contributed by atoms with E-state index in [1.54, 1.807) is 0 Å². The lowest BCUT2D eigenvalue weighted by Crippen LogP contribution is -2.43. The lowest BCUT2D eigenvalue weighted by Gasteiger charge is -2.30. The van der Waals surface area contributed by atoms with Crippen LogP contribution in [0.3, 0.4) is 0 Å². The van der Waals surface area contributed by atoms with Gasteiger partial charge in [-0.1, -0.05) is 36.4 Å². The van der Waals surface area contributed by atoms with Crippen LogP contribution in [0.25, 0.3) is 10.9 Å². The van der Waals surface area contributed by atoms with Crippen molar-refractivity contribution >= 4 is 22.6 Å². The van der Waals surface area contributed by atoms with E-state index in [1.807, 2.05) is 53.1 Å². The Bertz CT molecular complexity index is 896. The number of rotatable bonds is 4. The van der Waals surface area contributed by atoms with Crippen LogP contribution in [0.2, 0.25) is 0 Å². The Morgan fingerprint density at radius 1 is 1.04 bits per heavy atom. The minimum absolute atomic E-state index is 0.335. The zero-order chi connectivity index (χ0) is 17.2. The third-order valence-corrected chi connectivity index (χ3v) is 4.78. The summed E-state index contributed by atoms with van der Waals surface area (Å²) in [6, 6.07) is 17.9. The highest BCUT2D eigenvalue weighted by Gasteiger charge is 2.20. The fraction of sp³-hybridized carbons (Fsp3) is 0.250. The predicted octanol–water partition coefficient (Wildman–Crippen LogP) is 2.80. The molecule has 2 N–H and O–H groups in total. The topological polar surface area (TPSA) is 57.5 Å². The van der Waals surface area contributed by atoms with Gasteiger partial charge in [-0.05, 0) is 23.8 Å². The molecule has 0 unspecified atom stereocenters. The van der Waals surface area contributed by atoms with Crippen LogP contribution in [-0.4, -0.2) is 41.8 Å². The number of anilines is 1. The van der Waals surface area contributed by atoms with Crippen LogP contribution in [0.5, 0.6) is 0 Å². The lowest BCUT2D eigenvalue weighted by molar-refractivity contribution is 0.0686. The molecule has 4 rings (SSSR count). The Balaban J connectivity index is 1.83. The van der Waals surface area contributed by atoms with Crippen LogP contribution in [0, 0.1) is 0 Å². The molecule has 1 saturated heterocycles. The van der Waals surface area contributed by atoms with Gasteiger partial charge in [0.25, 0.3) is 0 Å². The molecule has 1 aromatic heterocycles. The van der Waals surface area contributed by atoms with E-state index in [-0.39, 0.29) is 0 Å². The van der Waals surface area contributed by atoms with Crippen molar-refractivity contribution in [2.45, 2.75) is 6.54 Å². The summed E-state index contributed by atoms with van der Waals surface area (Å²) < 4.78 is 1.90. The number of fused-ring (bicyclic) bond motifs is 1. The van der Waals surface area contributed by atoms with Gasteiger partial charge in [0, 0.05) is 43.8 Å². The van der Waals surface area contributed by atoms with Crippen LogP contribution in [-0.2, 0) is 6.54 Å². The smallest absolute Gasteiger partial charge is 0.352 e. The molecule has 0 radical (unpaired) electrons. The molecule has 3 aromatic rings. The molecular formula is C20H21N3O2. The monoisotopic (exact) mass is 335 g/mol. The van der Waals surface area contributed by atoms with Crippen LogP contribution >= 0.6 is 0 Å². The maximum Gasteiger partial charge on any atom is 0.352 e. The molecule has 5 heteroatoms. The Morgan fingerprint density at radius 2 is 1.80 bits per heavy atom. The van der Waals surface area contributed by atoms with Gasteiger partial charge in [-0.15, -0.1) is 0 Å². The molecule has 1 aliphatic rings. The molecule has 0 atom stereocenters. The predicted molar refractivity (Wildman–Crippen MR) is 99.5 cm³/mol. The van der Waals surface area contributed by atoms with E-state index in [2.05, 4.69) is 16.3 Å². The third-order valence-electron chi connectivity index (χ3n) is 4.78. The first kappa shape index (κ1) is 15.7. The Morgan fingerprint density at radius 3 is 2.52 bits per heavy atom. The number of carboxylic acid groups (broad SMARTS) is 1. The summed E-state index contributed by atoms with van der Waals surface area (Å²) in [5.74, 6) is -0.890. The SMILES string of the molecule is O=C(O)c1cc2c(N3CCNCC3)cccc2n1Cc1ccccc1. The lowest BCUT2D eigenvalue weighted by atomic mass is 10.1. The summed E-state index contributed by atoms with van der Waals surface area (Å²) in [6.07, 6.45) is 0. The summed E-state index contributed by atoms with van der Waals surface area (Å²) in [4.78, 5) is 14.2. The van der Waals surface area contributed by atoms with Gasteiger partial charge in [-0.2, -0.15) is 0 Å². The largest absolute Gasteiger partial charge is 0.477 e. The number of hydrogen-bond acceptors (Lipinski definition) is 3. The van der Waals surface area contributed by atoms with Gasteiger partial charge in [0.15, 0.2) is 0 Å². The van der Waals surface area contributed by atoms with Crippen molar-refractivity contribution < 1.29 is 9.90 Å². The molecule has 0 spiro atoms. The van der Waals surface area contributed by atoms with Crippen molar-refractivity contribution in [1.29, 1.82) is 0 Å². The van der Waals surface area contributed by atoms with E-state index in [1.165, 1.54) is 0 Å². The number of carboxylic acids is 1. The Labute approximate surface area is 146 Å². The average Bonchev–Trinajstić information content (AvgIpc) is 3.02. The van der Waals surface area contributed by atoms with Crippen molar-refractivity contribution in [3.05, 3.63) is 65.9 Å². The molecule has 0 saturated carbocycles. The number of hydrogen-bond donors (Lipinski definition) is 2. The molecule has 2 aromatic carbocycles. The van der Waals surface area contributed by atoms with Gasteiger partial charge in [-0.25, -0.2) is 4.79 Å².